The van der Waals surface area contributed by atoms with E-state index in [0.29, 0.717) is 0 Å². The molecule has 2 aromatic carbocycles. The highest BCUT2D eigenvalue weighted by atomic mass is 16.1. The van der Waals surface area contributed by atoms with Crippen molar-refractivity contribution in [2.45, 2.75) is 0 Å². The summed E-state index contributed by atoms with van der Waals surface area (Å²) in [6, 6.07) is 15.9. The standard InChI is InChI=1S/C20H17N3O/c24-19-14-6-2-1-5-13(14)18-17(19)15-7-3-4-8-16(15)22-20(18)23-11-9-21-10-12-23/h1-8,21H,9-12H2. The van der Waals surface area contributed by atoms with Crippen molar-refractivity contribution in [1.29, 1.82) is 0 Å². The zero-order chi connectivity index (χ0) is 16.1. The van der Waals surface area contributed by atoms with Crippen LogP contribution in [0.5, 0.6) is 0 Å². The average molecular weight is 315 g/mol. The summed E-state index contributed by atoms with van der Waals surface area (Å²) in [6.45, 7) is 3.71. The molecule has 0 amide bonds. The quantitative estimate of drug-likeness (QED) is 0.587. The molecule has 3 aromatic rings. The molecule has 1 aliphatic heterocycles. The lowest BCUT2D eigenvalue weighted by molar-refractivity contribution is 0.104. The van der Waals surface area contributed by atoms with Gasteiger partial charge in [-0.2, -0.15) is 0 Å². The Morgan fingerprint density at radius 2 is 1.58 bits per heavy atom. The van der Waals surface area contributed by atoms with Crippen molar-refractivity contribution in [3.63, 3.8) is 0 Å². The van der Waals surface area contributed by atoms with Crippen LogP contribution in [0.2, 0.25) is 0 Å². The minimum absolute atomic E-state index is 0.121. The fraction of sp³-hybridized carbons (Fsp3) is 0.200. The summed E-state index contributed by atoms with van der Waals surface area (Å²) in [4.78, 5) is 20.3. The van der Waals surface area contributed by atoms with Gasteiger partial charge in [0.1, 0.15) is 5.82 Å². The number of nitrogens with zero attached hydrogens (tertiary/aromatic N) is 2. The Bertz CT molecular complexity index is 974. The molecule has 0 unspecified atom stereocenters. The first kappa shape index (κ1) is 13.7. The van der Waals surface area contributed by atoms with Crippen LogP contribution in [-0.4, -0.2) is 36.9 Å². The molecule has 2 heterocycles. The molecule has 1 N–H and O–H groups in total. The number of pyridine rings is 1. The number of benzene rings is 2. The molecule has 0 saturated carbocycles. The third-order valence-corrected chi connectivity index (χ3v) is 4.96. The Hall–Kier alpha value is -2.72. The van der Waals surface area contributed by atoms with Crippen molar-refractivity contribution in [2.75, 3.05) is 31.1 Å². The Kier molecular flexibility index (Phi) is 2.94. The minimum atomic E-state index is 0.121. The third-order valence-electron chi connectivity index (χ3n) is 4.96. The lowest BCUT2D eigenvalue weighted by Crippen LogP contribution is -2.44. The number of rotatable bonds is 1. The number of nitrogens with one attached hydrogen (secondary N) is 1. The first-order valence-corrected chi connectivity index (χ1v) is 8.37. The second-order valence-electron chi connectivity index (χ2n) is 6.31. The zero-order valence-electron chi connectivity index (χ0n) is 13.2. The van der Waals surface area contributed by atoms with E-state index >= 15 is 0 Å². The van der Waals surface area contributed by atoms with Crippen LogP contribution < -0.4 is 10.2 Å². The normalized spacial score (nSPS) is 16.3. The van der Waals surface area contributed by atoms with E-state index in [1.807, 2.05) is 48.5 Å². The fourth-order valence-electron chi connectivity index (χ4n) is 3.83. The summed E-state index contributed by atoms with van der Waals surface area (Å²) in [6.07, 6.45) is 0. The first-order valence-electron chi connectivity index (χ1n) is 8.37. The minimum Gasteiger partial charge on any atom is -0.354 e. The number of hydrogen-bond acceptors (Lipinski definition) is 4. The summed E-state index contributed by atoms with van der Waals surface area (Å²) in [5, 5.41) is 4.33. The molecule has 1 aromatic heterocycles. The Morgan fingerprint density at radius 3 is 2.42 bits per heavy atom. The number of hydrogen-bond donors (Lipinski definition) is 1. The van der Waals surface area contributed by atoms with E-state index in [1.54, 1.807) is 0 Å². The number of aromatic nitrogens is 1. The number of fused-ring (bicyclic) bond motifs is 5. The van der Waals surface area contributed by atoms with Gasteiger partial charge < -0.3 is 10.2 Å². The Labute approximate surface area is 140 Å². The molecule has 4 heteroatoms. The summed E-state index contributed by atoms with van der Waals surface area (Å²) in [5.41, 5.74) is 4.53. The summed E-state index contributed by atoms with van der Waals surface area (Å²) in [5.74, 6) is 1.07. The lowest BCUT2D eigenvalue weighted by Gasteiger charge is -2.30. The predicted molar refractivity (Wildman–Crippen MR) is 95.7 cm³/mol. The molecule has 1 saturated heterocycles. The van der Waals surface area contributed by atoms with Gasteiger partial charge in [0.05, 0.1) is 5.52 Å². The highest BCUT2D eigenvalue weighted by molar-refractivity contribution is 6.28. The molecule has 118 valence electrons. The maximum absolute atomic E-state index is 13.1. The van der Waals surface area contributed by atoms with Crippen molar-refractivity contribution in [3.8, 4) is 11.1 Å². The van der Waals surface area contributed by atoms with Gasteiger partial charge in [-0.1, -0.05) is 42.5 Å². The number of piperazine rings is 1. The van der Waals surface area contributed by atoms with Gasteiger partial charge >= 0.3 is 0 Å². The van der Waals surface area contributed by atoms with E-state index < -0.39 is 0 Å². The molecule has 0 radical (unpaired) electrons. The first-order chi connectivity index (χ1) is 11.8. The smallest absolute Gasteiger partial charge is 0.195 e. The van der Waals surface area contributed by atoms with Gasteiger partial charge in [-0.05, 0) is 11.6 Å². The molecule has 5 rings (SSSR count). The van der Waals surface area contributed by atoms with E-state index in [9.17, 15) is 4.79 Å². The van der Waals surface area contributed by atoms with Gasteiger partial charge in [-0.15, -0.1) is 0 Å². The third kappa shape index (κ3) is 1.83. The van der Waals surface area contributed by atoms with E-state index in [2.05, 4.69) is 10.2 Å². The lowest BCUT2D eigenvalue weighted by atomic mass is 10.0. The summed E-state index contributed by atoms with van der Waals surface area (Å²) in [7, 11) is 0. The number of anilines is 1. The summed E-state index contributed by atoms with van der Waals surface area (Å²) < 4.78 is 0. The number of carbonyl (C=O) groups excluding carboxylic acids is 1. The molecule has 1 aliphatic carbocycles. The van der Waals surface area contributed by atoms with E-state index in [4.69, 9.17) is 4.98 Å². The van der Waals surface area contributed by atoms with Crippen molar-refractivity contribution in [2.24, 2.45) is 0 Å². The molecule has 0 spiro atoms. The van der Waals surface area contributed by atoms with E-state index in [1.165, 1.54) is 0 Å². The molecule has 1 fully saturated rings. The molecule has 4 nitrogen and oxygen atoms in total. The molecule has 24 heavy (non-hydrogen) atoms. The predicted octanol–water partition coefficient (Wildman–Crippen LogP) is 2.86. The van der Waals surface area contributed by atoms with Crippen molar-refractivity contribution in [1.82, 2.24) is 10.3 Å². The van der Waals surface area contributed by atoms with Crippen LogP contribution in [0.15, 0.2) is 48.5 Å². The van der Waals surface area contributed by atoms with Crippen LogP contribution in [0, 0.1) is 0 Å². The van der Waals surface area contributed by atoms with Gasteiger partial charge in [0, 0.05) is 48.3 Å². The van der Waals surface area contributed by atoms with Gasteiger partial charge in [0.2, 0.25) is 0 Å². The highest BCUT2D eigenvalue weighted by Gasteiger charge is 2.33. The van der Waals surface area contributed by atoms with Crippen LogP contribution in [0.3, 0.4) is 0 Å². The zero-order valence-corrected chi connectivity index (χ0v) is 13.2. The number of para-hydroxylation sites is 1. The maximum Gasteiger partial charge on any atom is 0.195 e. The van der Waals surface area contributed by atoms with Gasteiger partial charge in [-0.25, -0.2) is 4.98 Å². The van der Waals surface area contributed by atoms with Gasteiger partial charge in [-0.3, -0.25) is 4.79 Å². The number of carbonyl (C=O) groups is 1. The Morgan fingerprint density at radius 1 is 0.875 bits per heavy atom. The van der Waals surface area contributed by atoms with Crippen LogP contribution in [-0.2, 0) is 0 Å². The van der Waals surface area contributed by atoms with Crippen molar-refractivity contribution >= 4 is 22.5 Å². The Balaban J connectivity index is 1.86. The summed E-state index contributed by atoms with van der Waals surface area (Å²) >= 11 is 0. The van der Waals surface area contributed by atoms with Crippen molar-refractivity contribution in [3.05, 3.63) is 59.7 Å². The molecular weight excluding hydrogens is 298 g/mol. The van der Waals surface area contributed by atoms with Gasteiger partial charge in [0.15, 0.2) is 5.78 Å². The largest absolute Gasteiger partial charge is 0.354 e. The highest BCUT2D eigenvalue weighted by Crippen LogP contribution is 2.44. The van der Waals surface area contributed by atoms with E-state index in [0.717, 1.165) is 65.2 Å². The van der Waals surface area contributed by atoms with E-state index in [-0.39, 0.29) is 5.78 Å². The monoisotopic (exact) mass is 315 g/mol. The molecule has 2 aliphatic rings. The molecule has 0 atom stereocenters. The second-order valence-corrected chi connectivity index (χ2v) is 6.31. The van der Waals surface area contributed by atoms with Crippen LogP contribution in [0.1, 0.15) is 15.9 Å². The second kappa shape index (κ2) is 5.14. The molecular formula is C20H17N3O. The number of ketones is 1. The van der Waals surface area contributed by atoms with Crippen LogP contribution >= 0.6 is 0 Å². The topological polar surface area (TPSA) is 45.2 Å². The molecule has 0 bridgehead atoms. The maximum atomic E-state index is 13.1. The van der Waals surface area contributed by atoms with Crippen LogP contribution in [0.25, 0.3) is 22.0 Å². The fourth-order valence-corrected chi connectivity index (χ4v) is 3.83. The SMILES string of the molecule is O=C1c2ccccc2-c2c(N3CCNCC3)nc3ccccc3c21. The van der Waals surface area contributed by atoms with Crippen molar-refractivity contribution < 1.29 is 4.79 Å². The van der Waals surface area contributed by atoms with Crippen LogP contribution in [0.4, 0.5) is 5.82 Å². The average Bonchev–Trinajstić information content (AvgIpc) is 2.96. The van der Waals surface area contributed by atoms with Gasteiger partial charge in [0.25, 0.3) is 0 Å².